The van der Waals surface area contributed by atoms with Gasteiger partial charge in [0, 0.05) is 12.0 Å². The number of allylic oxidation sites excluding steroid dienone is 1. The molecule has 3 rings (SSSR count). The van der Waals surface area contributed by atoms with E-state index >= 15 is 0 Å². The van der Waals surface area contributed by atoms with Crippen molar-refractivity contribution in [2.24, 2.45) is 11.8 Å². The summed E-state index contributed by atoms with van der Waals surface area (Å²) in [6.45, 7) is 8.61. The van der Waals surface area contributed by atoms with Crippen LogP contribution >= 0.6 is 0 Å². The first-order chi connectivity index (χ1) is 13.9. The van der Waals surface area contributed by atoms with E-state index in [1.165, 1.54) is 18.1 Å². The molecular weight excluding hydrogens is 360 g/mol. The Morgan fingerprint density at radius 2 is 1.66 bits per heavy atom. The molecule has 0 bridgehead atoms. The highest BCUT2D eigenvalue weighted by Crippen LogP contribution is 2.44. The smallest absolute Gasteiger partial charge is 0.330 e. The SMILES string of the molecule is C/C=C/C(=O)O[C@@H]1C[C@H](C)CC[C@H]1C(C)(C)c1ccc(Oc2ccccc2)cc1. The van der Waals surface area contributed by atoms with Gasteiger partial charge in [-0.3, -0.25) is 0 Å². The number of ether oxygens (including phenoxy) is 2. The van der Waals surface area contributed by atoms with E-state index in [0.717, 1.165) is 24.3 Å². The van der Waals surface area contributed by atoms with Crippen LogP contribution in [0.15, 0.2) is 66.7 Å². The van der Waals surface area contributed by atoms with Gasteiger partial charge in [0.05, 0.1) is 0 Å². The Kier molecular flexibility index (Phi) is 6.79. The summed E-state index contributed by atoms with van der Waals surface area (Å²) in [6.07, 6.45) is 6.34. The van der Waals surface area contributed by atoms with Crippen LogP contribution in [0, 0.1) is 11.8 Å². The summed E-state index contributed by atoms with van der Waals surface area (Å²) in [5.74, 6) is 2.28. The van der Waals surface area contributed by atoms with Gasteiger partial charge in [0.1, 0.15) is 17.6 Å². The van der Waals surface area contributed by atoms with E-state index in [-0.39, 0.29) is 23.4 Å². The molecule has 0 heterocycles. The Balaban J connectivity index is 1.77. The van der Waals surface area contributed by atoms with Crippen molar-refractivity contribution in [3.05, 3.63) is 72.3 Å². The average molecular weight is 393 g/mol. The number of carbonyl (C=O) groups excluding carboxylic acids is 1. The molecule has 0 radical (unpaired) electrons. The third-order valence-electron chi connectivity index (χ3n) is 6.13. The summed E-state index contributed by atoms with van der Waals surface area (Å²) < 4.78 is 11.8. The Labute approximate surface area is 174 Å². The van der Waals surface area contributed by atoms with E-state index in [1.807, 2.05) is 49.4 Å². The molecule has 1 saturated carbocycles. The van der Waals surface area contributed by atoms with Crippen LogP contribution in [0.2, 0.25) is 0 Å². The highest BCUT2D eigenvalue weighted by molar-refractivity contribution is 5.82. The molecule has 0 spiro atoms. The van der Waals surface area contributed by atoms with E-state index in [9.17, 15) is 4.79 Å². The number of hydrogen-bond donors (Lipinski definition) is 0. The molecule has 0 aliphatic heterocycles. The zero-order valence-corrected chi connectivity index (χ0v) is 17.9. The molecule has 29 heavy (non-hydrogen) atoms. The van der Waals surface area contributed by atoms with E-state index in [2.05, 4.69) is 32.9 Å². The van der Waals surface area contributed by atoms with Crippen LogP contribution in [-0.4, -0.2) is 12.1 Å². The molecule has 3 nitrogen and oxygen atoms in total. The van der Waals surface area contributed by atoms with Crippen molar-refractivity contribution in [2.75, 3.05) is 0 Å². The van der Waals surface area contributed by atoms with Crippen molar-refractivity contribution >= 4 is 5.97 Å². The summed E-state index contributed by atoms with van der Waals surface area (Å²) in [4.78, 5) is 12.1. The van der Waals surface area contributed by atoms with Crippen LogP contribution in [0.3, 0.4) is 0 Å². The summed E-state index contributed by atoms with van der Waals surface area (Å²) in [7, 11) is 0. The standard InChI is InChI=1S/C26H32O3/c1-5-9-25(27)29-24-18-19(2)12-17-23(24)26(3,4)20-13-15-22(16-14-20)28-21-10-7-6-8-11-21/h5-11,13-16,19,23-24H,12,17-18H2,1-4H3/b9-5+/t19-,23-,24-/m1/s1. The van der Waals surface area contributed by atoms with Crippen LogP contribution < -0.4 is 4.74 Å². The first kappa shape index (κ1) is 21.2. The van der Waals surface area contributed by atoms with Crippen molar-refractivity contribution in [3.63, 3.8) is 0 Å². The second-order valence-corrected chi connectivity index (χ2v) is 8.66. The Morgan fingerprint density at radius 3 is 2.31 bits per heavy atom. The van der Waals surface area contributed by atoms with Gasteiger partial charge in [-0.2, -0.15) is 0 Å². The minimum absolute atomic E-state index is 0.0577. The van der Waals surface area contributed by atoms with Crippen LogP contribution in [0.4, 0.5) is 0 Å². The van der Waals surface area contributed by atoms with Gasteiger partial charge in [-0.25, -0.2) is 4.79 Å². The second-order valence-electron chi connectivity index (χ2n) is 8.66. The summed E-state index contributed by atoms with van der Waals surface area (Å²) in [5, 5.41) is 0. The van der Waals surface area contributed by atoms with Gasteiger partial charge in [0.15, 0.2) is 0 Å². The van der Waals surface area contributed by atoms with Crippen LogP contribution in [0.25, 0.3) is 0 Å². The fourth-order valence-electron chi connectivity index (χ4n) is 4.40. The molecular formula is C26H32O3. The van der Waals surface area contributed by atoms with Crippen molar-refractivity contribution in [1.29, 1.82) is 0 Å². The third-order valence-corrected chi connectivity index (χ3v) is 6.13. The maximum atomic E-state index is 12.1. The Hall–Kier alpha value is -2.55. The van der Waals surface area contributed by atoms with Gasteiger partial charge in [-0.1, -0.05) is 63.6 Å². The van der Waals surface area contributed by atoms with Crippen molar-refractivity contribution in [2.45, 2.75) is 58.5 Å². The fourth-order valence-corrected chi connectivity index (χ4v) is 4.40. The first-order valence-electron chi connectivity index (χ1n) is 10.6. The molecule has 3 heteroatoms. The van der Waals surface area contributed by atoms with E-state index in [0.29, 0.717) is 5.92 Å². The first-order valence-corrected chi connectivity index (χ1v) is 10.6. The van der Waals surface area contributed by atoms with Gasteiger partial charge in [0.25, 0.3) is 0 Å². The molecule has 0 saturated heterocycles. The Bertz CT molecular complexity index is 821. The molecule has 2 aromatic rings. The van der Waals surface area contributed by atoms with E-state index in [4.69, 9.17) is 9.47 Å². The molecule has 0 amide bonds. The van der Waals surface area contributed by atoms with Crippen molar-refractivity contribution < 1.29 is 14.3 Å². The summed E-state index contributed by atoms with van der Waals surface area (Å²) in [5.41, 5.74) is 1.14. The summed E-state index contributed by atoms with van der Waals surface area (Å²) >= 11 is 0. The highest BCUT2D eigenvalue weighted by Gasteiger charge is 2.41. The predicted molar refractivity (Wildman–Crippen MR) is 117 cm³/mol. The number of benzene rings is 2. The quantitative estimate of drug-likeness (QED) is 0.406. The lowest BCUT2D eigenvalue weighted by Crippen LogP contribution is -2.43. The number of hydrogen-bond acceptors (Lipinski definition) is 3. The molecule has 2 aromatic carbocycles. The van der Waals surface area contributed by atoms with E-state index in [1.54, 1.807) is 6.08 Å². The monoisotopic (exact) mass is 392 g/mol. The van der Waals surface area contributed by atoms with Gasteiger partial charge < -0.3 is 9.47 Å². The fraction of sp³-hybridized carbons (Fsp3) is 0.423. The van der Waals surface area contributed by atoms with Gasteiger partial charge in [-0.15, -0.1) is 0 Å². The number of para-hydroxylation sites is 1. The Morgan fingerprint density at radius 1 is 1.00 bits per heavy atom. The average Bonchev–Trinajstić information content (AvgIpc) is 2.69. The molecule has 154 valence electrons. The maximum Gasteiger partial charge on any atom is 0.330 e. The van der Waals surface area contributed by atoms with Gasteiger partial charge >= 0.3 is 5.97 Å². The largest absolute Gasteiger partial charge is 0.459 e. The molecule has 3 atom stereocenters. The van der Waals surface area contributed by atoms with Crippen LogP contribution in [0.5, 0.6) is 11.5 Å². The molecule has 1 fully saturated rings. The zero-order chi connectivity index (χ0) is 20.9. The number of carbonyl (C=O) groups is 1. The maximum absolute atomic E-state index is 12.1. The molecule has 1 aliphatic carbocycles. The van der Waals surface area contributed by atoms with E-state index < -0.39 is 0 Å². The lowest BCUT2D eigenvalue weighted by Gasteiger charge is -2.43. The molecule has 0 N–H and O–H groups in total. The lowest BCUT2D eigenvalue weighted by atomic mass is 9.64. The molecule has 0 aromatic heterocycles. The van der Waals surface area contributed by atoms with Crippen molar-refractivity contribution in [3.8, 4) is 11.5 Å². The third kappa shape index (κ3) is 5.29. The van der Waals surface area contributed by atoms with Crippen molar-refractivity contribution in [1.82, 2.24) is 0 Å². The topological polar surface area (TPSA) is 35.5 Å². The normalized spacial score (nSPS) is 22.4. The number of esters is 1. The highest BCUT2D eigenvalue weighted by atomic mass is 16.5. The number of rotatable bonds is 6. The molecule has 0 unspecified atom stereocenters. The summed E-state index contributed by atoms with van der Waals surface area (Å²) in [6, 6.07) is 18.1. The van der Waals surface area contributed by atoms with Crippen LogP contribution in [0.1, 0.15) is 52.5 Å². The zero-order valence-electron chi connectivity index (χ0n) is 17.9. The lowest BCUT2D eigenvalue weighted by molar-refractivity contribution is -0.150. The minimum atomic E-state index is -0.237. The second kappa shape index (κ2) is 9.30. The molecule has 1 aliphatic rings. The van der Waals surface area contributed by atoms with Gasteiger partial charge in [-0.05, 0) is 60.9 Å². The predicted octanol–water partition coefficient (Wildman–Crippen LogP) is 6.68. The van der Waals surface area contributed by atoms with Gasteiger partial charge in [0.2, 0.25) is 0 Å². The minimum Gasteiger partial charge on any atom is -0.459 e. The van der Waals surface area contributed by atoms with Crippen LogP contribution in [-0.2, 0) is 14.9 Å².